The van der Waals surface area contributed by atoms with Crippen LogP contribution < -0.4 is 19.9 Å². The Bertz CT molecular complexity index is 556. The highest BCUT2D eigenvalue weighted by Crippen LogP contribution is 2.40. The maximum absolute atomic E-state index is 5.77. The molecule has 0 aliphatic heterocycles. The Labute approximate surface area is 109 Å². The Balaban J connectivity index is 2.62. The number of methoxy groups -OCH3 is 3. The van der Waals surface area contributed by atoms with Crippen molar-refractivity contribution in [3.05, 3.63) is 12.1 Å². The van der Waals surface area contributed by atoms with E-state index in [0.29, 0.717) is 28.8 Å². The Morgan fingerprint density at radius 2 is 1.56 bits per heavy atom. The van der Waals surface area contributed by atoms with E-state index in [1.807, 2.05) is 0 Å². The first-order valence-corrected chi connectivity index (χ1v) is 5.82. The smallest absolute Gasteiger partial charge is 0.165 e. The van der Waals surface area contributed by atoms with Crippen molar-refractivity contribution in [2.24, 2.45) is 0 Å². The minimum Gasteiger partial charge on any atom is -0.496 e. The average molecular weight is 267 g/mol. The second-order valence-electron chi connectivity index (χ2n) is 3.41. The van der Waals surface area contributed by atoms with Crippen LogP contribution in [-0.4, -0.2) is 30.1 Å². The van der Waals surface area contributed by atoms with Crippen molar-refractivity contribution in [2.75, 3.05) is 27.1 Å². The Morgan fingerprint density at radius 3 is 2.06 bits per heavy atom. The van der Waals surface area contributed by atoms with Gasteiger partial charge in [-0.3, -0.25) is 0 Å². The van der Waals surface area contributed by atoms with E-state index in [9.17, 15) is 0 Å². The first-order chi connectivity index (χ1) is 8.71. The van der Waals surface area contributed by atoms with Gasteiger partial charge in [0.05, 0.1) is 38.6 Å². The number of aromatic nitrogens is 2. The van der Waals surface area contributed by atoms with Gasteiger partial charge in [-0.1, -0.05) is 0 Å². The summed E-state index contributed by atoms with van der Waals surface area (Å²) < 4.78 is 23.9. The van der Waals surface area contributed by atoms with Gasteiger partial charge in [-0.05, 0) is 6.07 Å². The van der Waals surface area contributed by atoms with E-state index in [4.69, 9.17) is 19.9 Å². The van der Waals surface area contributed by atoms with Gasteiger partial charge in [-0.25, -0.2) is 0 Å². The second-order valence-corrected chi connectivity index (χ2v) is 3.93. The van der Waals surface area contributed by atoms with E-state index >= 15 is 0 Å². The Kier molecular flexibility index (Phi) is 3.52. The molecule has 96 valence electrons. The predicted molar refractivity (Wildman–Crippen MR) is 69.4 cm³/mol. The summed E-state index contributed by atoms with van der Waals surface area (Å²) in [6.07, 6.45) is 0. The fraction of sp³-hybridized carbons (Fsp3) is 0.273. The number of nitrogen functional groups attached to an aromatic ring is 1. The van der Waals surface area contributed by atoms with Crippen LogP contribution in [0.25, 0.3) is 11.3 Å². The van der Waals surface area contributed by atoms with E-state index < -0.39 is 0 Å². The van der Waals surface area contributed by atoms with E-state index in [2.05, 4.69) is 8.75 Å². The van der Waals surface area contributed by atoms with Crippen LogP contribution in [0.2, 0.25) is 0 Å². The molecule has 2 rings (SSSR count). The lowest BCUT2D eigenvalue weighted by Crippen LogP contribution is -1.96. The fourth-order valence-corrected chi connectivity index (χ4v) is 2.09. The molecule has 6 nitrogen and oxygen atoms in total. The minimum atomic E-state index is 0.366. The Morgan fingerprint density at radius 1 is 0.944 bits per heavy atom. The number of rotatable bonds is 4. The lowest BCUT2D eigenvalue weighted by Gasteiger charge is -2.12. The van der Waals surface area contributed by atoms with Gasteiger partial charge in [0.25, 0.3) is 0 Å². The van der Waals surface area contributed by atoms with Crippen LogP contribution in [0.3, 0.4) is 0 Å². The molecular formula is C11H13N3O3S. The number of hydrogen-bond donors (Lipinski definition) is 1. The van der Waals surface area contributed by atoms with Crippen LogP contribution in [0, 0.1) is 0 Å². The number of hydrogen-bond acceptors (Lipinski definition) is 7. The summed E-state index contributed by atoms with van der Waals surface area (Å²) in [7, 11) is 4.70. The number of nitrogens with two attached hydrogens (primary N) is 1. The van der Waals surface area contributed by atoms with Crippen LogP contribution in [-0.2, 0) is 0 Å². The highest BCUT2D eigenvalue weighted by Gasteiger charge is 2.17. The molecule has 2 aromatic rings. The third-order valence-electron chi connectivity index (χ3n) is 2.47. The first kappa shape index (κ1) is 12.4. The molecule has 1 heterocycles. The number of nitrogens with zero attached hydrogens (tertiary/aromatic N) is 2. The highest BCUT2D eigenvalue weighted by atomic mass is 32.1. The molecule has 0 saturated heterocycles. The summed E-state index contributed by atoms with van der Waals surface area (Å²) >= 11 is 1.05. The minimum absolute atomic E-state index is 0.366. The number of anilines is 1. The van der Waals surface area contributed by atoms with Crippen LogP contribution in [0.1, 0.15) is 0 Å². The maximum Gasteiger partial charge on any atom is 0.165 e. The van der Waals surface area contributed by atoms with Gasteiger partial charge in [0, 0.05) is 6.07 Å². The maximum atomic E-state index is 5.77. The zero-order valence-corrected chi connectivity index (χ0v) is 11.1. The van der Waals surface area contributed by atoms with Gasteiger partial charge in [0.1, 0.15) is 11.4 Å². The molecule has 0 saturated carbocycles. The van der Waals surface area contributed by atoms with E-state index in [0.717, 1.165) is 17.3 Å². The van der Waals surface area contributed by atoms with Crippen molar-refractivity contribution in [3.8, 4) is 28.5 Å². The molecule has 0 aliphatic carbocycles. The zero-order valence-electron chi connectivity index (χ0n) is 10.3. The summed E-state index contributed by atoms with van der Waals surface area (Å²) in [6, 6.07) is 3.50. The fourth-order valence-electron chi connectivity index (χ4n) is 1.60. The molecule has 0 aliphatic rings. The van der Waals surface area contributed by atoms with E-state index in [1.165, 1.54) is 0 Å². The van der Waals surface area contributed by atoms with Crippen LogP contribution in [0.5, 0.6) is 17.2 Å². The number of benzene rings is 1. The summed E-state index contributed by atoms with van der Waals surface area (Å²) in [5, 5.41) is 0. The molecule has 1 aromatic carbocycles. The largest absolute Gasteiger partial charge is 0.496 e. The molecule has 2 N–H and O–H groups in total. The van der Waals surface area contributed by atoms with Gasteiger partial charge in [-0.15, -0.1) is 0 Å². The SMILES string of the molecule is COc1cc(OC)c(-c2nsnc2N)cc1OC. The topological polar surface area (TPSA) is 79.5 Å². The standard InChI is InChI=1S/C11H13N3O3S/c1-15-7-5-9(17-3)8(16-2)4-6(7)10-11(12)14-18-13-10/h4-5H,1-3H3,(H2,12,14). The van der Waals surface area contributed by atoms with E-state index in [-0.39, 0.29) is 0 Å². The third kappa shape index (κ3) is 2.04. The van der Waals surface area contributed by atoms with Crippen molar-refractivity contribution in [2.45, 2.75) is 0 Å². The van der Waals surface area contributed by atoms with Gasteiger partial charge < -0.3 is 19.9 Å². The molecular weight excluding hydrogens is 254 g/mol. The predicted octanol–water partition coefficient (Wildman–Crippen LogP) is 1.81. The lowest BCUT2D eigenvalue weighted by molar-refractivity contribution is 0.349. The average Bonchev–Trinajstić information content (AvgIpc) is 2.83. The first-order valence-electron chi connectivity index (χ1n) is 5.09. The molecule has 1 aromatic heterocycles. The second kappa shape index (κ2) is 5.09. The van der Waals surface area contributed by atoms with Gasteiger partial charge in [0.15, 0.2) is 17.3 Å². The molecule has 18 heavy (non-hydrogen) atoms. The molecule has 0 spiro atoms. The molecule has 0 amide bonds. The molecule has 0 radical (unpaired) electrons. The molecule has 0 unspecified atom stereocenters. The van der Waals surface area contributed by atoms with Crippen molar-refractivity contribution in [1.29, 1.82) is 0 Å². The van der Waals surface area contributed by atoms with Crippen molar-refractivity contribution in [1.82, 2.24) is 8.75 Å². The molecule has 0 fully saturated rings. The van der Waals surface area contributed by atoms with Crippen molar-refractivity contribution >= 4 is 17.5 Å². The van der Waals surface area contributed by atoms with Gasteiger partial charge in [-0.2, -0.15) is 8.75 Å². The van der Waals surface area contributed by atoms with Gasteiger partial charge >= 0.3 is 0 Å². The summed E-state index contributed by atoms with van der Waals surface area (Å²) in [5.41, 5.74) is 7.07. The van der Waals surface area contributed by atoms with Gasteiger partial charge in [0.2, 0.25) is 0 Å². The van der Waals surface area contributed by atoms with Crippen LogP contribution in [0.15, 0.2) is 12.1 Å². The Hall–Kier alpha value is -2.02. The lowest BCUT2D eigenvalue weighted by atomic mass is 10.1. The normalized spacial score (nSPS) is 10.2. The highest BCUT2D eigenvalue weighted by molar-refractivity contribution is 6.99. The molecule has 7 heteroatoms. The van der Waals surface area contributed by atoms with Crippen molar-refractivity contribution in [3.63, 3.8) is 0 Å². The van der Waals surface area contributed by atoms with Crippen molar-refractivity contribution < 1.29 is 14.2 Å². The quantitative estimate of drug-likeness (QED) is 0.910. The van der Waals surface area contributed by atoms with Crippen LogP contribution in [0.4, 0.5) is 5.82 Å². The summed E-state index contributed by atoms with van der Waals surface area (Å²) in [5.74, 6) is 2.14. The molecule has 0 atom stereocenters. The zero-order chi connectivity index (χ0) is 13.1. The summed E-state index contributed by atoms with van der Waals surface area (Å²) in [6.45, 7) is 0. The van der Waals surface area contributed by atoms with E-state index in [1.54, 1.807) is 33.5 Å². The van der Waals surface area contributed by atoms with Crippen LogP contribution >= 0.6 is 11.7 Å². The number of ether oxygens (including phenoxy) is 3. The monoisotopic (exact) mass is 267 g/mol. The third-order valence-corrected chi connectivity index (χ3v) is 3.02. The summed E-state index contributed by atoms with van der Waals surface area (Å²) in [4.78, 5) is 0. The molecule has 0 bridgehead atoms.